The first-order valence-electron chi connectivity index (χ1n) is 6.27. The summed E-state index contributed by atoms with van der Waals surface area (Å²) in [5.41, 5.74) is 1.23. The molecule has 0 aromatic carbocycles. The van der Waals surface area contributed by atoms with E-state index in [2.05, 4.69) is 28.4 Å². The minimum Gasteiger partial charge on any atom is -0.314 e. The molecule has 1 N–H and O–H groups in total. The minimum atomic E-state index is 0.966. The van der Waals surface area contributed by atoms with Crippen LogP contribution in [-0.2, 0) is 6.54 Å². The molecule has 4 nitrogen and oxygen atoms in total. The van der Waals surface area contributed by atoms with E-state index in [1.54, 1.807) is 0 Å². The average molecular weight is 222 g/mol. The van der Waals surface area contributed by atoms with E-state index in [1.807, 2.05) is 10.9 Å². The molecule has 0 spiro atoms. The number of hydrogen-bond donors (Lipinski definition) is 1. The summed E-state index contributed by atoms with van der Waals surface area (Å²) in [6.45, 7) is 8.92. The molecule has 1 aromatic heterocycles. The SMILES string of the molecule is Cc1cnn(CCNCCN2CCCC2)c1. The van der Waals surface area contributed by atoms with Gasteiger partial charge in [0.05, 0.1) is 12.7 Å². The monoisotopic (exact) mass is 222 g/mol. The van der Waals surface area contributed by atoms with E-state index in [4.69, 9.17) is 0 Å². The summed E-state index contributed by atoms with van der Waals surface area (Å²) < 4.78 is 2.00. The van der Waals surface area contributed by atoms with Gasteiger partial charge in [-0.05, 0) is 38.4 Å². The predicted molar refractivity (Wildman–Crippen MR) is 65.5 cm³/mol. The topological polar surface area (TPSA) is 33.1 Å². The fourth-order valence-electron chi connectivity index (χ4n) is 2.15. The molecule has 1 saturated heterocycles. The third-order valence-electron chi connectivity index (χ3n) is 3.08. The molecule has 1 aliphatic rings. The van der Waals surface area contributed by atoms with Crippen molar-refractivity contribution in [1.82, 2.24) is 20.0 Å². The van der Waals surface area contributed by atoms with Crippen LogP contribution in [-0.4, -0.2) is 47.4 Å². The highest BCUT2D eigenvalue weighted by Crippen LogP contribution is 2.05. The Morgan fingerprint density at radius 1 is 1.25 bits per heavy atom. The zero-order valence-corrected chi connectivity index (χ0v) is 10.2. The quantitative estimate of drug-likeness (QED) is 0.725. The summed E-state index contributed by atoms with van der Waals surface area (Å²) in [6.07, 6.45) is 6.76. The van der Waals surface area contributed by atoms with Gasteiger partial charge < -0.3 is 10.2 Å². The highest BCUT2D eigenvalue weighted by atomic mass is 15.3. The Kier molecular flexibility index (Phi) is 4.36. The van der Waals surface area contributed by atoms with Crippen LogP contribution in [0.5, 0.6) is 0 Å². The lowest BCUT2D eigenvalue weighted by Gasteiger charge is -2.14. The lowest BCUT2D eigenvalue weighted by atomic mass is 10.4. The highest BCUT2D eigenvalue weighted by molar-refractivity contribution is 4.99. The first-order valence-corrected chi connectivity index (χ1v) is 6.27. The Hall–Kier alpha value is -0.870. The number of aromatic nitrogens is 2. The molecule has 0 saturated carbocycles. The molecule has 16 heavy (non-hydrogen) atoms. The van der Waals surface area contributed by atoms with Gasteiger partial charge >= 0.3 is 0 Å². The van der Waals surface area contributed by atoms with Crippen LogP contribution >= 0.6 is 0 Å². The van der Waals surface area contributed by atoms with Crippen LogP contribution < -0.4 is 5.32 Å². The number of aryl methyl sites for hydroxylation is 1. The lowest BCUT2D eigenvalue weighted by Crippen LogP contribution is -2.31. The Bertz CT molecular complexity index is 302. The normalized spacial score (nSPS) is 17.1. The maximum absolute atomic E-state index is 4.26. The molecule has 1 fully saturated rings. The van der Waals surface area contributed by atoms with E-state index < -0.39 is 0 Å². The molecule has 0 atom stereocenters. The zero-order valence-electron chi connectivity index (χ0n) is 10.2. The Labute approximate surface area is 97.6 Å². The Balaban J connectivity index is 1.51. The van der Waals surface area contributed by atoms with Crippen molar-refractivity contribution in [2.45, 2.75) is 26.3 Å². The number of nitrogens with one attached hydrogen (secondary N) is 1. The van der Waals surface area contributed by atoms with Gasteiger partial charge in [-0.3, -0.25) is 4.68 Å². The van der Waals surface area contributed by atoms with Gasteiger partial charge in [-0.15, -0.1) is 0 Å². The third-order valence-corrected chi connectivity index (χ3v) is 3.08. The van der Waals surface area contributed by atoms with Gasteiger partial charge in [0.1, 0.15) is 0 Å². The van der Waals surface area contributed by atoms with Gasteiger partial charge in [-0.2, -0.15) is 5.10 Å². The van der Waals surface area contributed by atoms with Gasteiger partial charge in [0.2, 0.25) is 0 Å². The first-order chi connectivity index (χ1) is 7.84. The van der Waals surface area contributed by atoms with Gasteiger partial charge in [-0.1, -0.05) is 0 Å². The molecule has 90 valence electrons. The Morgan fingerprint density at radius 3 is 2.69 bits per heavy atom. The summed E-state index contributed by atoms with van der Waals surface area (Å²) in [6, 6.07) is 0. The summed E-state index contributed by atoms with van der Waals surface area (Å²) in [5, 5.41) is 7.72. The van der Waals surface area contributed by atoms with Crippen LogP contribution in [0.3, 0.4) is 0 Å². The van der Waals surface area contributed by atoms with Crippen LogP contribution in [0.2, 0.25) is 0 Å². The second-order valence-corrected chi connectivity index (χ2v) is 4.58. The maximum Gasteiger partial charge on any atom is 0.0534 e. The molecule has 1 aliphatic heterocycles. The number of hydrogen-bond acceptors (Lipinski definition) is 3. The third kappa shape index (κ3) is 3.61. The molecular formula is C12H22N4. The fraction of sp³-hybridized carbons (Fsp3) is 0.750. The molecule has 2 heterocycles. The van der Waals surface area contributed by atoms with E-state index in [9.17, 15) is 0 Å². The predicted octanol–water partition coefficient (Wildman–Crippen LogP) is 0.877. The number of likely N-dealkylation sites (tertiary alicyclic amines) is 1. The van der Waals surface area contributed by atoms with Gasteiger partial charge in [0.25, 0.3) is 0 Å². The van der Waals surface area contributed by atoms with E-state index in [-0.39, 0.29) is 0 Å². The van der Waals surface area contributed by atoms with Crippen molar-refractivity contribution >= 4 is 0 Å². The molecule has 2 rings (SSSR count). The molecule has 0 aliphatic carbocycles. The molecular weight excluding hydrogens is 200 g/mol. The standard InChI is InChI=1S/C12H22N4/c1-12-10-14-16(11-12)9-5-13-4-8-15-6-2-3-7-15/h10-11,13H,2-9H2,1H3. The fourth-order valence-corrected chi connectivity index (χ4v) is 2.15. The van der Waals surface area contributed by atoms with Crippen molar-refractivity contribution in [2.75, 3.05) is 32.7 Å². The summed E-state index contributed by atoms with van der Waals surface area (Å²) in [5.74, 6) is 0. The average Bonchev–Trinajstić information content (AvgIpc) is 2.89. The summed E-state index contributed by atoms with van der Waals surface area (Å²) in [7, 11) is 0. The van der Waals surface area contributed by atoms with Crippen LogP contribution in [0.1, 0.15) is 18.4 Å². The summed E-state index contributed by atoms with van der Waals surface area (Å²) >= 11 is 0. The van der Waals surface area contributed by atoms with Gasteiger partial charge in [0, 0.05) is 25.8 Å². The zero-order chi connectivity index (χ0) is 11.2. The Morgan fingerprint density at radius 2 is 2.00 bits per heavy atom. The maximum atomic E-state index is 4.26. The van der Waals surface area contributed by atoms with Crippen molar-refractivity contribution in [3.8, 4) is 0 Å². The van der Waals surface area contributed by atoms with E-state index in [1.165, 1.54) is 38.0 Å². The second kappa shape index (κ2) is 6.01. The van der Waals surface area contributed by atoms with Crippen molar-refractivity contribution in [1.29, 1.82) is 0 Å². The van der Waals surface area contributed by atoms with E-state index >= 15 is 0 Å². The van der Waals surface area contributed by atoms with Crippen LogP contribution in [0.4, 0.5) is 0 Å². The van der Waals surface area contributed by atoms with E-state index in [0.29, 0.717) is 0 Å². The van der Waals surface area contributed by atoms with Crippen molar-refractivity contribution < 1.29 is 0 Å². The van der Waals surface area contributed by atoms with Crippen molar-refractivity contribution in [3.05, 3.63) is 18.0 Å². The van der Waals surface area contributed by atoms with Crippen LogP contribution in [0.25, 0.3) is 0 Å². The summed E-state index contributed by atoms with van der Waals surface area (Å²) in [4.78, 5) is 2.53. The molecule has 0 radical (unpaired) electrons. The number of nitrogens with zero attached hydrogens (tertiary/aromatic N) is 3. The smallest absolute Gasteiger partial charge is 0.0534 e. The second-order valence-electron chi connectivity index (χ2n) is 4.58. The highest BCUT2D eigenvalue weighted by Gasteiger charge is 2.09. The largest absolute Gasteiger partial charge is 0.314 e. The lowest BCUT2D eigenvalue weighted by molar-refractivity contribution is 0.334. The van der Waals surface area contributed by atoms with Gasteiger partial charge in [-0.25, -0.2) is 0 Å². The molecule has 1 aromatic rings. The minimum absolute atomic E-state index is 0.966. The van der Waals surface area contributed by atoms with Crippen LogP contribution in [0.15, 0.2) is 12.4 Å². The van der Waals surface area contributed by atoms with Crippen molar-refractivity contribution in [2.24, 2.45) is 0 Å². The molecule has 4 heteroatoms. The first kappa shape index (κ1) is 11.6. The van der Waals surface area contributed by atoms with Crippen molar-refractivity contribution in [3.63, 3.8) is 0 Å². The van der Waals surface area contributed by atoms with Gasteiger partial charge in [0.15, 0.2) is 0 Å². The molecule has 0 unspecified atom stereocenters. The van der Waals surface area contributed by atoms with E-state index in [0.717, 1.165) is 19.6 Å². The number of rotatable bonds is 6. The molecule has 0 amide bonds. The molecule has 0 bridgehead atoms. The van der Waals surface area contributed by atoms with Crippen LogP contribution in [0, 0.1) is 6.92 Å².